The molecule has 2 aromatic rings. The first kappa shape index (κ1) is 21.3. The second kappa shape index (κ2) is 7.93. The van der Waals surface area contributed by atoms with Crippen LogP contribution in [-0.4, -0.2) is 37.6 Å². The minimum absolute atomic E-state index is 0.0478. The van der Waals surface area contributed by atoms with E-state index in [1.807, 2.05) is 12.1 Å². The molecule has 0 N–H and O–H groups in total. The van der Waals surface area contributed by atoms with Crippen molar-refractivity contribution >= 4 is 11.5 Å². The highest BCUT2D eigenvalue weighted by molar-refractivity contribution is 6.01. The minimum atomic E-state index is -0.0716. The summed E-state index contributed by atoms with van der Waals surface area (Å²) in [6, 6.07) is 12.5. The zero-order valence-electron chi connectivity index (χ0n) is 20.1. The molecule has 5 nitrogen and oxygen atoms in total. The zero-order valence-corrected chi connectivity index (χ0v) is 20.1. The highest BCUT2D eigenvalue weighted by atomic mass is 16.5. The maximum Gasteiger partial charge on any atom is 0.162 e. The summed E-state index contributed by atoms with van der Waals surface area (Å²) in [7, 11) is 1.68. The third kappa shape index (κ3) is 3.49. The summed E-state index contributed by atoms with van der Waals surface area (Å²) in [6.45, 7) is 6.64. The van der Waals surface area contributed by atoms with Crippen molar-refractivity contribution in [1.82, 2.24) is 4.90 Å². The summed E-state index contributed by atoms with van der Waals surface area (Å²) in [6.07, 6.45) is 5.59. The van der Waals surface area contributed by atoms with Gasteiger partial charge in [-0.05, 0) is 59.7 Å². The number of methoxy groups -OCH3 is 1. The van der Waals surface area contributed by atoms with Crippen molar-refractivity contribution in [2.75, 3.05) is 26.9 Å². The summed E-state index contributed by atoms with van der Waals surface area (Å²) in [5.74, 6) is 2.69. The van der Waals surface area contributed by atoms with Crippen molar-refractivity contribution in [3.8, 4) is 17.2 Å². The number of allylic oxidation sites excluding steroid dienone is 3. The third-order valence-electron chi connectivity index (χ3n) is 7.48. The number of Topliss-reactive ketones (excluding diaryl/α,β-unsaturated/α-hetero) is 1. The van der Waals surface area contributed by atoms with E-state index >= 15 is 0 Å². The Balaban J connectivity index is 1.51. The van der Waals surface area contributed by atoms with Crippen LogP contribution in [0.4, 0.5) is 0 Å². The van der Waals surface area contributed by atoms with E-state index in [4.69, 9.17) is 14.2 Å². The van der Waals surface area contributed by atoms with E-state index in [1.165, 1.54) is 22.5 Å². The molecule has 1 atom stereocenters. The van der Waals surface area contributed by atoms with Crippen molar-refractivity contribution in [3.05, 3.63) is 70.4 Å². The molecule has 0 spiro atoms. The predicted molar refractivity (Wildman–Crippen MR) is 131 cm³/mol. The molecule has 0 unspecified atom stereocenters. The highest BCUT2D eigenvalue weighted by Gasteiger charge is 2.42. The fourth-order valence-corrected chi connectivity index (χ4v) is 5.87. The number of hydrogen-bond acceptors (Lipinski definition) is 5. The normalized spacial score (nSPS) is 22.8. The number of hydrogen-bond donors (Lipinski definition) is 0. The number of ketones is 1. The Morgan fingerprint density at radius 1 is 1.03 bits per heavy atom. The van der Waals surface area contributed by atoms with E-state index in [2.05, 4.69) is 49.1 Å². The molecular formula is C29H31NO4. The monoisotopic (exact) mass is 457 g/mol. The Morgan fingerprint density at radius 3 is 2.50 bits per heavy atom. The molecule has 3 aliphatic heterocycles. The second-order valence-corrected chi connectivity index (χ2v) is 10.5. The Labute approximate surface area is 201 Å². The van der Waals surface area contributed by atoms with Crippen molar-refractivity contribution in [3.63, 3.8) is 0 Å². The quantitative estimate of drug-likeness (QED) is 0.596. The van der Waals surface area contributed by atoms with Crippen LogP contribution in [0.1, 0.15) is 55.7 Å². The van der Waals surface area contributed by atoms with Gasteiger partial charge in [0.05, 0.1) is 20.3 Å². The van der Waals surface area contributed by atoms with Crippen LogP contribution in [0.3, 0.4) is 0 Å². The number of benzene rings is 2. The van der Waals surface area contributed by atoms with Gasteiger partial charge in [0, 0.05) is 47.8 Å². The van der Waals surface area contributed by atoms with Crippen LogP contribution in [0.15, 0.2) is 53.7 Å². The van der Waals surface area contributed by atoms with E-state index in [0.29, 0.717) is 19.6 Å². The third-order valence-corrected chi connectivity index (χ3v) is 7.48. The van der Waals surface area contributed by atoms with Gasteiger partial charge >= 0.3 is 0 Å². The number of carbonyl (C=O) groups excluding carboxylic acids is 1. The smallest absolute Gasteiger partial charge is 0.162 e. The largest absolute Gasteiger partial charge is 0.497 e. The van der Waals surface area contributed by atoms with E-state index in [1.54, 1.807) is 7.11 Å². The van der Waals surface area contributed by atoms with Crippen molar-refractivity contribution < 1.29 is 19.0 Å². The van der Waals surface area contributed by atoms with Gasteiger partial charge in [-0.1, -0.05) is 26.0 Å². The lowest BCUT2D eigenvalue weighted by Crippen LogP contribution is -2.40. The van der Waals surface area contributed by atoms with Gasteiger partial charge < -0.3 is 19.1 Å². The van der Waals surface area contributed by atoms with Crippen LogP contribution in [0.25, 0.3) is 5.70 Å². The van der Waals surface area contributed by atoms with Crippen molar-refractivity contribution in [2.45, 2.75) is 45.4 Å². The molecular weight excluding hydrogens is 426 g/mol. The summed E-state index contributed by atoms with van der Waals surface area (Å²) in [5, 5.41) is 0. The Morgan fingerprint density at radius 2 is 1.76 bits per heavy atom. The Hall–Kier alpha value is -3.21. The van der Waals surface area contributed by atoms with Gasteiger partial charge in [-0.25, -0.2) is 0 Å². The number of carbonyl (C=O) groups is 1. The zero-order chi connectivity index (χ0) is 23.4. The van der Waals surface area contributed by atoms with Crippen LogP contribution in [-0.2, 0) is 11.2 Å². The molecule has 3 heterocycles. The Kier molecular flexibility index (Phi) is 4.98. The van der Waals surface area contributed by atoms with Gasteiger partial charge in [0.2, 0.25) is 0 Å². The summed E-state index contributed by atoms with van der Waals surface area (Å²) in [4.78, 5) is 15.9. The van der Waals surface area contributed by atoms with Crippen LogP contribution in [0.5, 0.6) is 17.2 Å². The van der Waals surface area contributed by atoms with Crippen LogP contribution in [0, 0.1) is 5.41 Å². The molecule has 0 bridgehead atoms. The molecule has 2 aromatic carbocycles. The minimum Gasteiger partial charge on any atom is -0.497 e. The maximum absolute atomic E-state index is 13.5. The van der Waals surface area contributed by atoms with Crippen molar-refractivity contribution in [2.24, 2.45) is 5.41 Å². The fourth-order valence-electron chi connectivity index (χ4n) is 5.87. The van der Waals surface area contributed by atoms with Gasteiger partial charge in [0.15, 0.2) is 17.3 Å². The topological polar surface area (TPSA) is 48.0 Å². The van der Waals surface area contributed by atoms with Gasteiger partial charge in [-0.2, -0.15) is 0 Å². The van der Waals surface area contributed by atoms with E-state index in [9.17, 15) is 4.79 Å². The fraction of sp³-hybridized carbons (Fsp3) is 0.414. The average molecular weight is 458 g/mol. The molecule has 1 aliphatic carbocycles. The number of fused-ring (bicyclic) bond motifs is 5. The van der Waals surface area contributed by atoms with Crippen LogP contribution >= 0.6 is 0 Å². The number of rotatable bonds is 2. The first-order chi connectivity index (χ1) is 16.4. The molecule has 0 saturated heterocycles. The average Bonchev–Trinajstić information content (AvgIpc) is 3.06. The molecule has 0 aromatic heterocycles. The highest BCUT2D eigenvalue weighted by Crippen LogP contribution is 2.51. The summed E-state index contributed by atoms with van der Waals surface area (Å²) in [5.41, 5.74) is 6.88. The lowest BCUT2D eigenvalue weighted by atomic mass is 9.69. The SMILES string of the molecule is COc1ccc([C@H]2C=C3c4cc5c(cc4CCN3C3=C2C(=O)CC(C)(C)C3)OCCCO5)cc1. The first-order valence-corrected chi connectivity index (χ1v) is 12.3. The summed E-state index contributed by atoms with van der Waals surface area (Å²) < 4.78 is 17.4. The molecule has 5 heteroatoms. The summed E-state index contributed by atoms with van der Waals surface area (Å²) >= 11 is 0. The van der Waals surface area contributed by atoms with Crippen LogP contribution in [0.2, 0.25) is 0 Å². The van der Waals surface area contributed by atoms with E-state index in [0.717, 1.165) is 54.2 Å². The molecule has 176 valence electrons. The first-order valence-electron chi connectivity index (χ1n) is 12.3. The van der Waals surface area contributed by atoms with Gasteiger partial charge in [-0.15, -0.1) is 0 Å². The lowest BCUT2D eigenvalue weighted by Gasteiger charge is -2.46. The maximum atomic E-state index is 13.5. The van der Waals surface area contributed by atoms with Crippen LogP contribution < -0.4 is 14.2 Å². The van der Waals surface area contributed by atoms with Gasteiger partial charge in [0.1, 0.15) is 5.75 Å². The number of nitrogens with zero attached hydrogens (tertiary/aromatic N) is 1. The van der Waals surface area contributed by atoms with Gasteiger partial charge in [-0.3, -0.25) is 4.79 Å². The molecule has 0 radical (unpaired) electrons. The molecule has 0 saturated carbocycles. The molecule has 34 heavy (non-hydrogen) atoms. The molecule has 0 fully saturated rings. The molecule has 4 aliphatic rings. The second-order valence-electron chi connectivity index (χ2n) is 10.5. The van der Waals surface area contributed by atoms with E-state index in [-0.39, 0.29) is 17.1 Å². The van der Waals surface area contributed by atoms with E-state index < -0.39 is 0 Å². The predicted octanol–water partition coefficient (Wildman–Crippen LogP) is 5.50. The van der Waals surface area contributed by atoms with Crippen molar-refractivity contribution in [1.29, 1.82) is 0 Å². The molecule has 6 rings (SSSR count). The number of ether oxygens (including phenoxy) is 3. The van der Waals surface area contributed by atoms with Gasteiger partial charge in [0.25, 0.3) is 0 Å². The molecule has 0 amide bonds. The lowest BCUT2D eigenvalue weighted by molar-refractivity contribution is -0.118. The standard InChI is InChI=1S/C29H31NO4/c1-29(2)16-24-28(25(31)17-29)22(18-5-7-20(32-3)8-6-18)14-23-21-15-27-26(33-11-4-12-34-27)13-19(21)9-10-30(23)24/h5-8,13-15,22H,4,9-12,16-17H2,1-3H3/t22-/m1/s1. The Bertz CT molecular complexity index is 1220.